The van der Waals surface area contributed by atoms with E-state index in [0.717, 1.165) is 12.1 Å². The van der Waals surface area contributed by atoms with Crippen molar-refractivity contribution in [3.8, 4) is 0 Å². The SMILES string of the molecule is C[C@@H]1/C(=N/Nc2ccc([N+](=O)[O-])cc2)C[C@H]2[C@@]3(C)CC[C@@]2([C@@H](C)C(=O)O)C(=O)[C@@H]13. The number of carboxylic acid groups (broad SMARTS) is 1. The van der Waals surface area contributed by atoms with Gasteiger partial charge in [0.2, 0.25) is 0 Å². The molecule has 29 heavy (non-hydrogen) atoms. The summed E-state index contributed by atoms with van der Waals surface area (Å²) in [5.41, 5.74) is 3.48. The second kappa shape index (κ2) is 6.37. The summed E-state index contributed by atoms with van der Waals surface area (Å²) < 4.78 is 0. The molecule has 1 aromatic carbocycles. The van der Waals surface area contributed by atoms with E-state index < -0.39 is 22.2 Å². The van der Waals surface area contributed by atoms with Crippen LogP contribution < -0.4 is 5.43 Å². The number of nitrogens with one attached hydrogen (secondary N) is 1. The normalized spacial score (nSPS) is 37.6. The number of carbonyl (C=O) groups is 2. The molecular formula is C21H25N3O5. The molecule has 154 valence electrons. The Labute approximate surface area is 168 Å². The molecule has 0 aromatic heterocycles. The van der Waals surface area contributed by atoms with Crippen molar-refractivity contribution in [2.45, 2.75) is 40.0 Å². The second-order valence-electron chi connectivity index (χ2n) is 9.01. The fourth-order valence-electron chi connectivity index (χ4n) is 6.36. The average molecular weight is 399 g/mol. The predicted octanol–water partition coefficient (Wildman–Crippen LogP) is 3.72. The molecule has 0 radical (unpaired) electrons. The van der Waals surface area contributed by atoms with E-state index in [1.807, 2.05) is 6.92 Å². The zero-order valence-corrected chi connectivity index (χ0v) is 16.7. The average Bonchev–Trinajstić information content (AvgIpc) is 3.03. The maximum Gasteiger partial charge on any atom is 0.307 e. The van der Waals surface area contributed by atoms with Gasteiger partial charge in [-0.25, -0.2) is 0 Å². The molecule has 6 atom stereocenters. The van der Waals surface area contributed by atoms with E-state index in [0.29, 0.717) is 18.5 Å². The first-order chi connectivity index (χ1) is 13.6. The predicted molar refractivity (Wildman–Crippen MR) is 106 cm³/mol. The Morgan fingerprint density at radius 2 is 2.00 bits per heavy atom. The van der Waals surface area contributed by atoms with Gasteiger partial charge in [-0.1, -0.05) is 20.8 Å². The van der Waals surface area contributed by atoms with Gasteiger partial charge in [-0.2, -0.15) is 5.10 Å². The first kappa shape index (κ1) is 19.5. The summed E-state index contributed by atoms with van der Waals surface area (Å²) in [6.07, 6.45) is 2.10. The molecule has 0 aliphatic heterocycles. The van der Waals surface area contributed by atoms with E-state index >= 15 is 0 Å². The van der Waals surface area contributed by atoms with Crippen LogP contribution in [0.15, 0.2) is 29.4 Å². The summed E-state index contributed by atoms with van der Waals surface area (Å²) >= 11 is 0. The van der Waals surface area contributed by atoms with Gasteiger partial charge in [0.1, 0.15) is 5.78 Å². The Balaban J connectivity index is 1.63. The number of nitro groups is 1. The summed E-state index contributed by atoms with van der Waals surface area (Å²) in [7, 11) is 0. The maximum absolute atomic E-state index is 13.5. The number of hydrogen-bond donors (Lipinski definition) is 2. The summed E-state index contributed by atoms with van der Waals surface area (Å²) in [6, 6.07) is 6.00. The van der Waals surface area contributed by atoms with Gasteiger partial charge in [-0.15, -0.1) is 0 Å². The number of benzene rings is 1. The summed E-state index contributed by atoms with van der Waals surface area (Å²) in [5, 5.41) is 25.0. The summed E-state index contributed by atoms with van der Waals surface area (Å²) in [6.45, 7) is 5.81. The van der Waals surface area contributed by atoms with Crippen molar-refractivity contribution in [3.63, 3.8) is 0 Å². The lowest BCUT2D eigenvalue weighted by Crippen LogP contribution is -2.43. The zero-order chi connectivity index (χ0) is 21.1. The van der Waals surface area contributed by atoms with Gasteiger partial charge in [-0.05, 0) is 42.7 Å². The van der Waals surface area contributed by atoms with Crippen LogP contribution >= 0.6 is 0 Å². The molecule has 2 N–H and O–H groups in total. The standard InChI is InChI=1S/C21H25N3O5/c1-11-15(23-22-13-4-6-14(7-5-13)24(28)29)10-16-20(3)8-9-21(16,12(2)19(26)27)18(25)17(11)20/h4-7,11-12,16-17,22H,8-10H2,1-3H3,(H,26,27)/b23-15+/t11-,12+,16+,17-,20-,21+/m1/s1. The van der Waals surface area contributed by atoms with Crippen LogP contribution in [-0.4, -0.2) is 27.5 Å². The molecule has 3 saturated carbocycles. The van der Waals surface area contributed by atoms with Gasteiger partial charge in [0.15, 0.2) is 0 Å². The van der Waals surface area contributed by atoms with E-state index in [4.69, 9.17) is 0 Å². The molecule has 8 nitrogen and oxygen atoms in total. The van der Waals surface area contributed by atoms with Crippen LogP contribution in [-0.2, 0) is 9.59 Å². The number of rotatable bonds is 5. The van der Waals surface area contributed by atoms with Crippen molar-refractivity contribution < 1.29 is 19.6 Å². The van der Waals surface area contributed by atoms with Crippen LogP contribution in [0.2, 0.25) is 0 Å². The Morgan fingerprint density at radius 1 is 1.34 bits per heavy atom. The quantitative estimate of drug-likeness (QED) is 0.575. The third kappa shape index (κ3) is 2.54. The number of anilines is 1. The number of hydrazone groups is 1. The molecule has 0 amide bonds. The number of carbonyl (C=O) groups excluding carboxylic acids is 1. The number of hydrogen-bond acceptors (Lipinski definition) is 6. The molecule has 3 aliphatic rings. The van der Waals surface area contributed by atoms with Crippen molar-refractivity contribution in [3.05, 3.63) is 34.4 Å². The van der Waals surface area contributed by atoms with Crippen LogP contribution in [0, 0.1) is 44.6 Å². The van der Waals surface area contributed by atoms with Gasteiger partial charge >= 0.3 is 5.97 Å². The topological polar surface area (TPSA) is 122 Å². The number of carboxylic acids is 1. The zero-order valence-electron chi connectivity index (χ0n) is 16.7. The minimum Gasteiger partial charge on any atom is -0.481 e. The minimum absolute atomic E-state index is 0.00646. The molecule has 4 bridgehead atoms. The number of aliphatic carboxylic acids is 1. The molecule has 8 heteroatoms. The van der Waals surface area contributed by atoms with E-state index in [-0.39, 0.29) is 34.6 Å². The van der Waals surface area contributed by atoms with E-state index in [2.05, 4.69) is 17.5 Å². The first-order valence-corrected chi connectivity index (χ1v) is 9.97. The van der Waals surface area contributed by atoms with Crippen LogP contribution in [0.25, 0.3) is 0 Å². The Hall–Kier alpha value is -2.77. The lowest BCUT2D eigenvalue weighted by Gasteiger charge is -2.42. The largest absolute Gasteiger partial charge is 0.481 e. The Kier molecular flexibility index (Phi) is 4.29. The molecule has 0 saturated heterocycles. The Bertz CT molecular complexity index is 927. The third-order valence-corrected chi connectivity index (χ3v) is 7.94. The molecule has 3 aliphatic carbocycles. The fraction of sp³-hybridized carbons (Fsp3) is 0.571. The smallest absolute Gasteiger partial charge is 0.307 e. The molecule has 3 fully saturated rings. The second-order valence-corrected chi connectivity index (χ2v) is 9.01. The number of nitro benzene ring substituents is 1. The van der Waals surface area contributed by atoms with Crippen molar-refractivity contribution in [1.29, 1.82) is 0 Å². The highest BCUT2D eigenvalue weighted by molar-refractivity contribution is 6.03. The highest BCUT2D eigenvalue weighted by atomic mass is 16.6. The van der Waals surface area contributed by atoms with Gasteiger partial charge < -0.3 is 5.11 Å². The first-order valence-electron chi connectivity index (χ1n) is 9.97. The third-order valence-electron chi connectivity index (χ3n) is 7.94. The highest BCUT2D eigenvalue weighted by Gasteiger charge is 2.75. The summed E-state index contributed by atoms with van der Waals surface area (Å²) in [4.78, 5) is 35.6. The van der Waals surface area contributed by atoms with Gasteiger partial charge in [0.25, 0.3) is 5.69 Å². The molecule has 0 heterocycles. The monoisotopic (exact) mass is 399 g/mol. The molecule has 0 spiro atoms. The molecule has 4 rings (SSSR count). The molecule has 0 unspecified atom stereocenters. The molecular weight excluding hydrogens is 374 g/mol. The van der Waals surface area contributed by atoms with Crippen LogP contribution in [0.1, 0.15) is 40.0 Å². The fourth-order valence-corrected chi connectivity index (χ4v) is 6.36. The van der Waals surface area contributed by atoms with E-state index in [1.165, 1.54) is 12.1 Å². The lowest BCUT2D eigenvalue weighted by atomic mass is 9.61. The van der Waals surface area contributed by atoms with Gasteiger partial charge in [0.05, 0.1) is 16.5 Å². The van der Waals surface area contributed by atoms with Gasteiger partial charge in [0, 0.05) is 35.1 Å². The lowest BCUT2D eigenvalue weighted by molar-refractivity contribution is -0.384. The van der Waals surface area contributed by atoms with Crippen LogP contribution in [0.3, 0.4) is 0 Å². The number of ketones is 1. The van der Waals surface area contributed by atoms with Crippen LogP contribution in [0.5, 0.6) is 0 Å². The van der Waals surface area contributed by atoms with Crippen molar-refractivity contribution in [2.24, 2.45) is 39.6 Å². The van der Waals surface area contributed by atoms with E-state index in [9.17, 15) is 24.8 Å². The van der Waals surface area contributed by atoms with Gasteiger partial charge in [-0.3, -0.25) is 25.1 Å². The van der Waals surface area contributed by atoms with Crippen molar-refractivity contribution in [2.75, 3.05) is 5.43 Å². The summed E-state index contributed by atoms with van der Waals surface area (Å²) in [5.74, 6) is -1.83. The highest BCUT2D eigenvalue weighted by Crippen LogP contribution is 2.73. The van der Waals surface area contributed by atoms with Crippen molar-refractivity contribution >= 4 is 28.8 Å². The number of nitrogens with zero attached hydrogens (tertiary/aromatic N) is 2. The van der Waals surface area contributed by atoms with Crippen molar-refractivity contribution in [1.82, 2.24) is 0 Å². The van der Waals surface area contributed by atoms with E-state index in [1.54, 1.807) is 19.1 Å². The number of Topliss-reactive ketones (excluding diaryl/α,β-unsaturated/α-hetero) is 1. The minimum atomic E-state index is -0.912. The maximum atomic E-state index is 13.5. The number of non-ortho nitro benzene ring substituents is 1. The molecule has 1 aromatic rings. The van der Waals surface area contributed by atoms with Crippen LogP contribution in [0.4, 0.5) is 11.4 Å². The Morgan fingerprint density at radius 3 is 2.59 bits per heavy atom.